The molecule has 0 aliphatic rings. The van der Waals surface area contributed by atoms with Crippen molar-refractivity contribution in [3.05, 3.63) is 52.5 Å². The SMILES string of the molecule is COc1ccc(OC)c(C(=O)OCC(=O)Nc2cc(Cl)ccc2C#N)c1. The van der Waals surface area contributed by atoms with E-state index in [1.807, 2.05) is 6.07 Å². The molecule has 2 rings (SSSR count). The molecule has 0 saturated heterocycles. The Balaban J connectivity index is 2.05. The topological polar surface area (TPSA) is 97.7 Å². The second-order valence-electron chi connectivity index (χ2n) is 4.99. The van der Waals surface area contributed by atoms with Crippen LogP contribution in [0, 0.1) is 11.3 Å². The van der Waals surface area contributed by atoms with Crippen LogP contribution < -0.4 is 14.8 Å². The van der Waals surface area contributed by atoms with E-state index in [4.69, 9.17) is 31.1 Å². The van der Waals surface area contributed by atoms with Gasteiger partial charge in [0.05, 0.1) is 25.5 Å². The number of anilines is 1. The number of rotatable bonds is 6. The summed E-state index contributed by atoms with van der Waals surface area (Å²) in [5.41, 5.74) is 0.601. The number of benzene rings is 2. The maximum absolute atomic E-state index is 12.2. The Morgan fingerprint density at radius 1 is 1.15 bits per heavy atom. The number of hydrogen-bond acceptors (Lipinski definition) is 6. The standard InChI is InChI=1S/C18H15ClN2O5/c1-24-13-5-6-16(25-2)14(8-13)18(23)26-10-17(22)21-15-7-12(19)4-3-11(15)9-20/h3-8H,10H2,1-2H3,(H,21,22). The third kappa shape index (κ3) is 4.65. The number of nitrogens with zero attached hydrogens (tertiary/aromatic N) is 1. The number of carbonyl (C=O) groups is 2. The van der Waals surface area contributed by atoms with E-state index < -0.39 is 18.5 Å². The van der Waals surface area contributed by atoms with Gasteiger partial charge in [-0.2, -0.15) is 5.26 Å². The van der Waals surface area contributed by atoms with Crippen LogP contribution in [-0.4, -0.2) is 32.7 Å². The minimum Gasteiger partial charge on any atom is -0.497 e. The summed E-state index contributed by atoms with van der Waals surface area (Å²) in [4.78, 5) is 24.2. The Hall–Kier alpha value is -3.24. The van der Waals surface area contributed by atoms with E-state index in [0.717, 1.165) is 0 Å². The maximum atomic E-state index is 12.2. The van der Waals surface area contributed by atoms with Gasteiger partial charge in [-0.15, -0.1) is 0 Å². The van der Waals surface area contributed by atoms with Crippen LogP contribution in [0.2, 0.25) is 5.02 Å². The summed E-state index contributed by atoms with van der Waals surface area (Å²) < 4.78 is 15.2. The molecule has 26 heavy (non-hydrogen) atoms. The quantitative estimate of drug-likeness (QED) is 0.780. The van der Waals surface area contributed by atoms with Gasteiger partial charge < -0.3 is 19.5 Å². The van der Waals surface area contributed by atoms with Gasteiger partial charge in [0.15, 0.2) is 6.61 Å². The van der Waals surface area contributed by atoms with E-state index in [-0.39, 0.29) is 22.6 Å². The number of amides is 1. The molecule has 8 heteroatoms. The summed E-state index contributed by atoms with van der Waals surface area (Å²) in [6.07, 6.45) is 0. The molecule has 7 nitrogen and oxygen atoms in total. The van der Waals surface area contributed by atoms with Crippen molar-refractivity contribution in [2.45, 2.75) is 0 Å². The molecule has 0 unspecified atom stereocenters. The monoisotopic (exact) mass is 374 g/mol. The fourth-order valence-electron chi connectivity index (χ4n) is 2.09. The summed E-state index contributed by atoms with van der Waals surface area (Å²) in [5.74, 6) is -0.626. The minimum absolute atomic E-state index is 0.125. The van der Waals surface area contributed by atoms with Crippen molar-refractivity contribution in [1.29, 1.82) is 5.26 Å². The largest absolute Gasteiger partial charge is 0.497 e. The zero-order chi connectivity index (χ0) is 19.1. The highest BCUT2D eigenvalue weighted by molar-refractivity contribution is 6.31. The zero-order valence-corrected chi connectivity index (χ0v) is 14.8. The first-order chi connectivity index (χ1) is 12.5. The van der Waals surface area contributed by atoms with E-state index >= 15 is 0 Å². The van der Waals surface area contributed by atoms with Crippen LogP contribution in [0.5, 0.6) is 11.5 Å². The van der Waals surface area contributed by atoms with Crippen molar-refractivity contribution in [1.82, 2.24) is 0 Å². The highest BCUT2D eigenvalue weighted by Crippen LogP contribution is 2.25. The van der Waals surface area contributed by atoms with Crippen LogP contribution in [0.3, 0.4) is 0 Å². The number of halogens is 1. The van der Waals surface area contributed by atoms with E-state index in [1.165, 1.54) is 38.5 Å². The number of esters is 1. The van der Waals surface area contributed by atoms with Gasteiger partial charge in [0.1, 0.15) is 23.1 Å². The predicted molar refractivity (Wildman–Crippen MR) is 94.6 cm³/mol. The van der Waals surface area contributed by atoms with Crippen molar-refractivity contribution in [3.8, 4) is 17.6 Å². The Labute approximate surface area is 155 Å². The Morgan fingerprint density at radius 2 is 1.92 bits per heavy atom. The molecular formula is C18H15ClN2O5. The van der Waals surface area contributed by atoms with Crippen molar-refractivity contribution in [2.75, 3.05) is 26.1 Å². The molecule has 2 aromatic carbocycles. The third-order valence-corrected chi connectivity index (χ3v) is 3.57. The molecule has 0 aliphatic carbocycles. The normalized spacial score (nSPS) is 9.77. The fraction of sp³-hybridized carbons (Fsp3) is 0.167. The van der Waals surface area contributed by atoms with Gasteiger partial charge in [0.25, 0.3) is 5.91 Å². The fourth-order valence-corrected chi connectivity index (χ4v) is 2.26. The molecule has 0 spiro atoms. The summed E-state index contributed by atoms with van der Waals surface area (Å²) in [5, 5.41) is 11.9. The molecular weight excluding hydrogens is 360 g/mol. The first kappa shape index (κ1) is 19.1. The molecule has 0 heterocycles. The van der Waals surface area contributed by atoms with Crippen LogP contribution in [0.1, 0.15) is 15.9 Å². The zero-order valence-electron chi connectivity index (χ0n) is 14.0. The van der Waals surface area contributed by atoms with Crippen LogP contribution >= 0.6 is 11.6 Å². The number of nitriles is 1. The number of nitrogens with one attached hydrogen (secondary N) is 1. The lowest BCUT2D eigenvalue weighted by atomic mass is 10.2. The summed E-state index contributed by atoms with van der Waals surface area (Å²) in [6, 6.07) is 11.0. The van der Waals surface area contributed by atoms with Gasteiger partial charge in [-0.05, 0) is 36.4 Å². The Kier molecular flexibility index (Phi) is 6.42. The smallest absolute Gasteiger partial charge is 0.342 e. The Bertz CT molecular complexity index is 876. The van der Waals surface area contributed by atoms with Crippen LogP contribution in [0.4, 0.5) is 5.69 Å². The van der Waals surface area contributed by atoms with Crippen LogP contribution in [-0.2, 0) is 9.53 Å². The number of carbonyl (C=O) groups excluding carboxylic acids is 2. The maximum Gasteiger partial charge on any atom is 0.342 e. The molecule has 0 saturated carbocycles. The van der Waals surface area contributed by atoms with Crippen LogP contribution in [0.25, 0.3) is 0 Å². The molecule has 1 amide bonds. The lowest BCUT2D eigenvalue weighted by Gasteiger charge is -2.11. The van der Waals surface area contributed by atoms with E-state index in [9.17, 15) is 9.59 Å². The molecule has 2 aromatic rings. The summed E-state index contributed by atoms with van der Waals surface area (Å²) in [6.45, 7) is -0.545. The lowest BCUT2D eigenvalue weighted by molar-refractivity contribution is -0.119. The van der Waals surface area contributed by atoms with Gasteiger partial charge in [0.2, 0.25) is 0 Å². The van der Waals surface area contributed by atoms with Gasteiger partial charge in [-0.25, -0.2) is 4.79 Å². The first-order valence-corrected chi connectivity index (χ1v) is 7.75. The molecule has 0 radical (unpaired) electrons. The molecule has 134 valence electrons. The molecule has 0 fully saturated rings. The second-order valence-corrected chi connectivity index (χ2v) is 5.43. The number of methoxy groups -OCH3 is 2. The minimum atomic E-state index is -0.748. The van der Waals surface area contributed by atoms with Gasteiger partial charge in [-0.3, -0.25) is 4.79 Å². The molecule has 0 aliphatic heterocycles. The molecule has 0 bridgehead atoms. The van der Waals surface area contributed by atoms with Gasteiger partial charge >= 0.3 is 5.97 Å². The average molecular weight is 375 g/mol. The molecule has 0 aromatic heterocycles. The van der Waals surface area contributed by atoms with Crippen molar-refractivity contribution in [3.63, 3.8) is 0 Å². The number of hydrogen-bond donors (Lipinski definition) is 1. The lowest BCUT2D eigenvalue weighted by Crippen LogP contribution is -2.21. The third-order valence-electron chi connectivity index (χ3n) is 3.34. The average Bonchev–Trinajstić information content (AvgIpc) is 2.65. The highest BCUT2D eigenvalue weighted by atomic mass is 35.5. The molecule has 1 N–H and O–H groups in total. The second kappa shape index (κ2) is 8.74. The van der Waals surface area contributed by atoms with Gasteiger partial charge in [0, 0.05) is 5.02 Å². The van der Waals surface area contributed by atoms with E-state index in [0.29, 0.717) is 10.8 Å². The van der Waals surface area contributed by atoms with Crippen molar-refractivity contribution >= 4 is 29.2 Å². The highest BCUT2D eigenvalue weighted by Gasteiger charge is 2.17. The van der Waals surface area contributed by atoms with E-state index in [2.05, 4.69) is 5.32 Å². The van der Waals surface area contributed by atoms with Crippen molar-refractivity contribution in [2.24, 2.45) is 0 Å². The Morgan fingerprint density at radius 3 is 2.58 bits per heavy atom. The van der Waals surface area contributed by atoms with E-state index in [1.54, 1.807) is 12.1 Å². The first-order valence-electron chi connectivity index (χ1n) is 7.37. The number of ether oxygens (including phenoxy) is 3. The summed E-state index contributed by atoms with van der Waals surface area (Å²) in [7, 11) is 2.87. The molecule has 0 atom stereocenters. The van der Waals surface area contributed by atoms with Crippen LogP contribution in [0.15, 0.2) is 36.4 Å². The van der Waals surface area contributed by atoms with Gasteiger partial charge in [-0.1, -0.05) is 11.6 Å². The van der Waals surface area contributed by atoms with Crippen molar-refractivity contribution < 1.29 is 23.8 Å². The summed E-state index contributed by atoms with van der Waals surface area (Å²) >= 11 is 5.85. The predicted octanol–water partition coefficient (Wildman–Crippen LogP) is 3.02.